The predicted octanol–water partition coefficient (Wildman–Crippen LogP) is -11.3. The molecule has 0 radical (unpaired) electrons. The second-order valence-corrected chi connectivity index (χ2v) is 18.7. The Hall–Kier alpha value is -2.67. The fourth-order valence-electron chi connectivity index (χ4n) is 9.49. The molecule has 22 saturated heterocycles. The van der Waals surface area contributed by atoms with E-state index >= 15 is 0 Å². The monoisotopic (exact) mass is 1100 g/mol. The Balaban J connectivity index is 1.24. The van der Waals surface area contributed by atoms with Gasteiger partial charge in [0.05, 0.1) is 19.8 Å². The largest absolute Gasteiger partial charge is 0.463 e. The zero-order valence-corrected chi connectivity index (χ0v) is 40.1. The molecule has 0 aromatic heterocycles. The molecule has 22 fully saturated rings. The van der Waals surface area contributed by atoms with E-state index in [4.69, 9.17) is 71.1 Å². The van der Waals surface area contributed by atoms with Crippen molar-refractivity contribution in [1.29, 1.82) is 0 Å². The third kappa shape index (κ3) is 13.0. The quantitative estimate of drug-likeness (QED) is 0.0753. The summed E-state index contributed by atoms with van der Waals surface area (Å²) in [6, 6.07) is 0. The minimum atomic E-state index is -2.22. The van der Waals surface area contributed by atoms with Gasteiger partial charge in [-0.1, -0.05) is 0 Å². The van der Waals surface area contributed by atoms with Crippen molar-refractivity contribution in [2.75, 3.05) is 39.6 Å². The molecule has 12 bridgehead atoms. The van der Waals surface area contributed by atoms with Crippen LogP contribution in [-0.4, -0.2) is 318 Å². The molecule has 22 aliphatic heterocycles. The van der Waals surface area contributed by atoms with E-state index in [9.17, 15) is 91.0 Å². The van der Waals surface area contributed by atoms with Gasteiger partial charge < -0.3 is 148 Å². The van der Waals surface area contributed by atoms with E-state index in [0.717, 1.165) is 20.8 Å². The van der Waals surface area contributed by atoms with Gasteiger partial charge in [0, 0.05) is 20.8 Å². The zero-order chi connectivity index (χ0) is 54.9. The highest BCUT2D eigenvalue weighted by Gasteiger charge is 2.59. The van der Waals surface area contributed by atoms with Crippen molar-refractivity contribution in [2.45, 2.75) is 205 Å². The zero-order valence-electron chi connectivity index (χ0n) is 40.1. The van der Waals surface area contributed by atoms with E-state index < -0.39 is 242 Å². The molecule has 432 valence electrons. The van der Waals surface area contributed by atoms with E-state index in [1.54, 1.807) is 0 Å². The van der Waals surface area contributed by atoms with E-state index in [2.05, 4.69) is 0 Å². The Kier molecular flexibility index (Phi) is 20.5. The van der Waals surface area contributed by atoms with Crippen LogP contribution in [-0.2, 0) is 85.4 Å². The van der Waals surface area contributed by atoms with Gasteiger partial charge in [-0.05, 0) is 0 Å². The maximum atomic E-state index is 12.0. The lowest BCUT2D eigenvalue weighted by molar-refractivity contribution is -0.404. The minimum absolute atomic E-state index is 0.790. The Morgan fingerprint density at radius 2 is 0.440 bits per heavy atom. The van der Waals surface area contributed by atoms with Gasteiger partial charge >= 0.3 is 17.9 Å². The third-order valence-electron chi connectivity index (χ3n) is 13.5. The summed E-state index contributed by atoms with van der Waals surface area (Å²) in [5, 5.41) is 168. The average molecular weight is 1100 g/mol. The lowest BCUT2D eigenvalue weighted by Crippen LogP contribution is -2.69. The highest BCUT2D eigenvalue weighted by atomic mass is 16.8. The number of esters is 3. The number of carbonyl (C=O) groups excluding carboxylic acids is 3. The Morgan fingerprint density at radius 1 is 0.280 bits per heavy atom. The van der Waals surface area contributed by atoms with Gasteiger partial charge in [-0.15, -0.1) is 0 Å². The molecule has 0 amide bonds. The average Bonchev–Trinajstić information content (AvgIpc) is 3.37. The summed E-state index contributed by atoms with van der Waals surface area (Å²) in [4.78, 5) is 35.9. The maximum absolute atomic E-state index is 12.0. The van der Waals surface area contributed by atoms with E-state index in [-0.39, 0.29) is 0 Å². The van der Waals surface area contributed by atoms with Crippen molar-refractivity contribution in [3.8, 4) is 0 Å². The highest BCUT2D eigenvalue weighted by molar-refractivity contribution is 5.66. The highest BCUT2D eigenvalue weighted by Crippen LogP contribution is 2.38. The summed E-state index contributed by atoms with van der Waals surface area (Å²) in [6.07, 6.45) is -60.4. The fourth-order valence-corrected chi connectivity index (χ4v) is 9.49. The summed E-state index contributed by atoms with van der Waals surface area (Å²) in [5.74, 6) is -2.69. The van der Waals surface area contributed by atoms with Crippen LogP contribution in [0.15, 0.2) is 0 Å². The molecule has 0 aromatic rings. The van der Waals surface area contributed by atoms with Gasteiger partial charge in [-0.3, -0.25) is 14.4 Å². The van der Waals surface area contributed by atoms with E-state index in [0.29, 0.717) is 0 Å². The van der Waals surface area contributed by atoms with Gasteiger partial charge in [0.2, 0.25) is 0 Å². The molecular weight excluding hydrogens is 1030 g/mol. The topological polar surface area (TPSA) is 493 Å². The van der Waals surface area contributed by atoms with Crippen molar-refractivity contribution < 1.29 is 162 Å². The molecule has 75 heavy (non-hydrogen) atoms. The molecule has 0 saturated carbocycles. The van der Waals surface area contributed by atoms with E-state index in [1.165, 1.54) is 0 Å². The summed E-state index contributed by atoms with van der Waals surface area (Å²) >= 11 is 0. The second kappa shape index (κ2) is 25.6. The molecule has 33 nitrogen and oxygen atoms in total. The van der Waals surface area contributed by atoms with Crippen molar-refractivity contribution in [2.24, 2.45) is 0 Å². The number of ether oxygens (including phenoxy) is 15. The van der Waals surface area contributed by atoms with Crippen LogP contribution in [0, 0.1) is 0 Å². The standard InChI is InChI=1S/C42H66O33/c1-10(46)61-7-16-34-22(52)28(58)40(67-16)70-31-13(4-43)65-38(26(56)20(31)50)74-35-17(8-62-11(2)47)69-42(30(60)24(35)54)72-33-15(6-45)66-39(27(57)21(33)51)75-36-18(9-63-12(3)48)68-41(29(59)23(36)53)71-32-14(5-44)64-37(73-34)25(55)19(32)49/h13-45,49-60H,4-9H2,1-3H3/t13-,14-,15-,16-,17-,18-,19-,20-,21-,22-,23-,24-,25-,26-,27-,28-,29-,30-,31-,32-,33-,34-,35-,36-,37?,38?,39?,40?,41?,42?/m1/s1. The predicted molar refractivity (Wildman–Crippen MR) is 224 cm³/mol. The smallest absolute Gasteiger partial charge is 0.302 e. The first-order valence-electron chi connectivity index (χ1n) is 23.7. The molecule has 33 heteroatoms. The Labute approximate surface area is 424 Å². The lowest BCUT2D eigenvalue weighted by atomic mass is 9.94. The summed E-state index contributed by atoms with van der Waals surface area (Å²) < 4.78 is 84.8. The number of hydrogen-bond donors (Lipinski definition) is 15. The molecular formula is C42H66O33. The summed E-state index contributed by atoms with van der Waals surface area (Å²) in [5.41, 5.74) is 0. The molecule has 0 spiro atoms. The molecule has 0 aliphatic carbocycles. The number of hydrogen-bond acceptors (Lipinski definition) is 33. The third-order valence-corrected chi connectivity index (χ3v) is 13.5. The van der Waals surface area contributed by atoms with Crippen LogP contribution in [0.1, 0.15) is 20.8 Å². The number of aliphatic hydroxyl groups is 15. The summed E-state index contributed by atoms with van der Waals surface area (Å²) in [6.45, 7) is -2.52. The van der Waals surface area contributed by atoms with Crippen LogP contribution in [0.2, 0.25) is 0 Å². The summed E-state index contributed by atoms with van der Waals surface area (Å²) in [7, 11) is 0. The van der Waals surface area contributed by atoms with Gasteiger partial charge in [-0.25, -0.2) is 0 Å². The number of rotatable bonds is 9. The van der Waals surface area contributed by atoms with E-state index in [1.807, 2.05) is 0 Å². The van der Waals surface area contributed by atoms with Crippen molar-refractivity contribution in [3.05, 3.63) is 0 Å². The van der Waals surface area contributed by atoms with Crippen LogP contribution in [0.4, 0.5) is 0 Å². The van der Waals surface area contributed by atoms with Crippen LogP contribution in [0.3, 0.4) is 0 Å². The Bertz CT molecular complexity index is 1660. The minimum Gasteiger partial charge on any atom is -0.463 e. The fraction of sp³-hybridized carbons (Fsp3) is 0.929. The molecule has 22 heterocycles. The molecule has 22 rings (SSSR count). The first kappa shape index (κ1) is 60.0. The maximum Gasteiger partial charge on any atom is 0.302 e. The van der Waals surface area contributed by atoms with Crippen molar-refractivity contribution in [3.63, 3.8) is 0 Å². The lowest BCUT2D eigenvalue weighted by Gasteiger charge is -2.50. The molecule has 15 N–H and O–H groups in total. The first-order valence-corrected chi connectivity index (χ1v) is 23.7. The van der Waals surface area contributed by atoms with Gasteiger partial charge in [-0.2, -0.15) is 0 Å². The van der Waals surface area contributed by atoms with Crippen molar-refractivity contribution in [1.82, 2.24) is 0 Å². The second-order valence-electron chi connectivity index (χ2n) is 18.7. The molecule has 6 unspecified atom stereocenters. The van der Waals surface area contributed by atoms with Crippen LogP contribution < -0.4 is 0 Å². The van der Waals surface area contributed by atoms with Crippen molar-refractivity contribution >= 4 is 17.9 Å². The van der Waals surface area contributed by atoms with Crippen LogP contribution >= 0.6 is 0 Å². The first-order chi connectivity index (χ1) is 35.5. The normalized spacial score (nSPS) is 49.8. The number of carbonyl (C=O) groups is 3. The Morgan fingerprint density at radius 3 is 0.600 bits per heavy atom. The SMILES string of the molecule is CC(=O)OC[C@H]1OC2O[C@H]3[C@H](O)[C@@H](O)C(O[C@H]4[C@H](O)[C@@H](O)C(O[C@H]5[C@H](O)[C@@H](O)C(O[C@H]6[C@H](O)[C@@H](O)C(O[C@H]7[C@H](O)[C@@H](O)C(O[C@H]1[C@H](O)[C@H]2O)O[C@@H]7CO)O[C@@H]6COC(C)=O)O[C@@H]5CO)O[C@@H]4COC(C)=O)O[C@@H]3CO. The molecule has 30 atom stereocenters. The number of aliphatic hydroxyl groups excluding tert-OH is 15. The van der Waals surface area contributed by atoms with Gasteiger partial charge in [0.1, 0.15) is 166 Å². The van der Waals surface area contributed by atoms with Crippen LogP contribution in [0.25, 0.3) is 0 Å². The molecule has 0 aromatic carbocycles. The van der Waals surface area contributed by atoms with Gasteiger partial charge in [0.25, 0.3) is 0 Å². The molecule has 22 aliphatic rings. The van der Waals surface area contributed by atoms with Gasteiger partial charge in [0.15, 0.2) is 37.7 Å². The van der Waals surface area contributed by atoms with Crippen LogP contribution in [0.5, 0.6) is 0 Å².